The summed E-state index contributed by atoms with van der Waals surface area (Å²) in [6.07, 6.45) is 0. The standard InChI is InChI=1S/C13H15ClF2N2O4/c1-17-8-4-7(12(20)21-3)5-9(22-13(15)16)11(8)18(2)10(19)6-14/h4-5,13,17H,6H2,1-3H3. The van der Waals surface area contributed by atoms with Crippen LogP contribution in [-0.4, -0.2) is 45.6 Å². The fourth-order valence-corrected chi connectivity index (χ4v) is 1.96. The molecule has 9 heteroatoms. The van der Waals surface area contributed by atoms with Crippen molar-refractivity contribution in [1.29, 1.82) is 0 Å². The second kappa shape index (κ2) is 7.79. The molecule has 0 saturated heterocycles. The molecule has 0 fully saturated rings. The molecular weight excluding hydrogens is 322 g/mol. The average molecular weight is 337 g/mol. The lowest BCUT2D eigenvalue weighted by Crippen LogP contribution is -2.29. The summed E-state index contributed by atoms with van der Waals surface area (Å²) in [5.74, 6) is -1.94. The van der Waals surface area contributed by atoms with Gasteiger partial charge in [0.25, 0.3) is 0 Å². The van der Waals surface area contributed by atoms with Crippen LogP contribution >= 0.6 is 11.6 Å². The molecule has 0 saturated carbocycles. The predicted octanol–water partition coefficient (Wildman–Crippen LogP) is 2.32. The minimum absolute atomic E-state index is 0.00188. The Hall–Kier alpha value is -2.09. The molecule has 0 unspecified atom stereocenters. The van der Waals surface area contributed by atoms with Crippen LogP contribution in [0.15, 0.2) is 12.1 Å². The summed E-state index contributed by atoms with van der Waals surface area (Å²) in [4.78, 5) is 24.4. The Balaban J connectivity index is 3.50. The summed E-state index contributed by atoms with van der Waals surface area (Å²) >= 11 is 5.48. The van der Waals surface area contributed by atoms with Crippen LogP contribution in [-0.2, 0) is 9.53 Å². The monoisotopic (exact) mass is 336 g/mol. The Morgan fingerprint density at radius 1 is 1.41 bits per heavy atom. The van der Waals surface area contributed by atoms with Gasteiger partial charge in [-0.25, -0.2) is 4.79 Å². The second-order valence-electron chi connectivity index (χ2n) is 4.08. The first kappa shape index (κ1) is 18.0. The molecule has 22 heavy (non-hydrogen) atoms. The quantitative estimate of drug-likeness (QED) is 0.638. The fourth-order valence-electron chi connectivity index (χ4n) is 1.78. The first-order chi connectivity index (χ1) is 10.3. The van der Waals surface area contributed by atoms with Crippen LogP contribution in [0.2, 0.25) is 0 Å². The number of nitrogens with zero attached hydrogens (tertiary/aromatic N) is 1. The van der Waals surface area contributed by atoms with Gasteiger partial charge in [0.15, 0.2) is 5.75 Å². The van der Waals surface area contributed by atoms with Crippen molar-refractivity contribution in [1.82, 2.24) is 0 Å². The average Bonchev–Trinajstić information content (AvgIpc) is 2.51. The van der Waals surface area contributed by atoms with E-state index >= 15 is 0 Å². The highest BCUT2D eigenvalue weighted by Crippen LogP contribution is 2.38. The summed E-state index contributed by atoms with van der Waals surface area (Å²) in [7, 11) is 4.02. The molecule has 0 aliphatic heterocycles. The third kappa shape index (κ3) is 3.97. The van der Waals surface area contributed by atoms with Crippen molar-refractivity contribution in [2.75, 3.05) is 37.3 Å². The number of halogens is 3. The smallest absolute Gasteiger partial charge is 0.387 e. The van der Waals surface area contributed by atoms with Gasteiger partial charge in [0.1, 0.15) is 11.6 Å². The first-order valence-corrected chi connectivity index (χ1v) is 6.60. The number of methoxy groups -OCH3 is 1. The van der Waals surface area contributed by atoms with E-state index in [9.17, 15) is 18.4 Å². The van der Waals surface area contributed by atoms with Crippen LogP contribution in [0.3, 0.4) is 0 Å². The van der Waals surface area contributed by atoms with Crippen LogP contribution < -0.4 is 15.0 Å². The van der Waals surface area contributed by atoms with Gasteiger partial charge in [0, 0.05) is 14.1 Å². The van der Waals surface area contributed by atoms with Crippen molar-refractivity contribution >= 4 is 34.9 Å². The summed E-state index contributed by atoms with van der Waals surface area (Å²) in [5.41, 5.74) is 0.276. The number of hydrogen-bond acceptors (Lipinski definition) is 5. The zero-order valence-electron chi connectivity index (χ0n) is 12.2. The molecule has 122 valence electrons. The lowest BCUT2D eigenvalue weighted by Gasteiger charge is -2.23. The molecule has 0 radical (unpaired) electrons. The van der Waals surface area contributed by atoms with E-state index in [1.54, 1.807) is 0 Å². The third-order valence-electron chi connectivity index (χ3n) is 2.81. The van der Waals surface area contributed by atoms with Crippen LogP contribution in [0.5, 0.6) is 5.75 Å². The van der Waals surface area contributed by atoms with E-state index in [1.807, 2.05) is 0 Å². The number of anilines is 2. The van der Waals surface area contributed by atoms with Crippen molar-refractivity contribution in [2.45, 2.75) is 6.61 Å². The number of carbonyl (C=O) groups is 2. The van der Waals surface area contributed by atoms with E-state index in [4.69, 9.17) is 11.6 Å². The van der Waals surface area contributed by atoms with Gasteiger partial charge in [-0.1, -0.05) is 0 Å². The van der Waals surface area contributed by atoms with Crippen molar-refractivity contribution < 1.29 is 27.8 Å². The number of ether oxygens (including phenoxy) is 2. The molecule has 0 heterocycles. The molecule has 0 bridgehead atoms. The number of hydrogen-bond donors (Lipinski definition) is 1. The third-order valence-corrected chi connectivity index (χ3v) is 3.03. The van der Waals surface area contributed by atoms with Crippen LogP contribution in [0.25, 0.3) is 0 Å². The Kier molecular flexibility index (Phi) is 6.36. The number of nitrogens with one attached hydrogen (secondary N) is 1. The molecular formula is C13H15ClF2N2O4. The lowest BCUT2D eigenvalue weighted by molar-refractivity contribution is -0.116. The molecule has 1 N–H and O–H groups in total. The molecule has 0 aliphatic carbocycles. The normalized spacial score (nSPS) is 10.3. The Morgan fingerprint density at radius 2 is 2.05 bits per heavy atom. The Bertz CT molecular complexity index is 569. The number of alkyl halides is 3. The predicted molar refractivity (Wildman–Crippen MR) is 78.1 cm³/mol. The number of carbonyl (C=O) groups excluding carboxylic acids is 2. The van der Waals surface area contributed by atoms with Gasteiger partial charge < -0.3 is 19.7 Å². The van der Waals surface area contributed by atoms with Crippen molar-refractivity contribution in [2.24, 2.45) is 0 Å². The molecule has 0 aromatic heterocycles. The van der Waals surface area contributed by atoms with E-state index < -0.39 is 18.5 Å². The Morgan fingerprint density at radius 3 is 2.50 bits per heavy atom. The minimum atomic E-state index is -3.13. The summed E-state index contributed by atoms with van der Waals surface area (Å²) < 4.78 is 34.2. The van der Waals surface area contributed by atoms with Gasteiger partial charge in [-0.05, 0) is 12.1 Å². The van der Waals surface area contributed by atoms with Gasteiger partial charge in [0.2, 0.25) is 5.91 Å². The van der Waals surface area contributed by atoms with Gasteiger partial charge in [-0.15, -0.1) is 11.6 Å². The SMILES string of the molecule is CNc1cc(C(=O)OC)cc(OC(F)F)c1N(C)C(=O)CCl. The lowest BCUT2D eigenvalue weighted by atomic mass is 10.1. The summed E-state index contributed by atoms with van der Waals surface area (Å²) in [6, 6.07) is 2.43. The van der Waals surface area contributed by atoms with E-state index in [0.29, 0.717) is 0 Å². The molecule has 1 aromatic carbocycles. The van der Waals surface area contributed by atoms with Gasteiger partial charge >= 0.3 is 12.6 Å². The van der Waals surface area contributed by atoms with E-state index in [1.165, 1.54) is 20.2 Å². The van der Waals surface area contributed by atoms with Crippen LogP contribution in [0.4, 0.5) is 20.2 Å². The molecule has 0 atom stereocenters. The van der Waals surface area contributed by atoms with Crippen molar-refractivity contribution in [3.63, 3.8) is 0 Å². The van der Waals surface area contributed by atoms with Crippen LogP contribution in [0, 0.1) is 0 Å². The number of amides is 1. The topological polar surface area (TPSA) is 67.9 Å². The number of benzene rings is 1. The largest absolute Gasteiger partial charge is 0.465 e. The maximum Gasteiger partial charge on any atom is 0.387 e. The van der Waals surface area contributed by atoms with Crippen molar-refractivity contribution in [3.05, 3.63) is 17.7 Å². The maximum atomic E-state index is 12.6. The maximum absolute atomic E-state index is 12.6. The second-order valence-corrected chi connectivity index (χ2v) is 4.34. The van der Waals surface area contributed by atoms with Crippen LogP contribution in [0.1, 0.15) is 10.4 Å². The molecule has 0 spiro atoms. The highest BCUT2D eigenvalue weighted by Gasteiger charge is 2.23. The molecule has 1 rings (SSSR count). The van der Waals surface area contributed by atoms with E-state index in [0.717, 1.165) is 18.1 Å². The molecule has 0 aliphatic rings. The minimum Gasteiger partial charge on any atom is -0.465 e. The number of rotatable bonds is 6. The fraction of sp³-hybridized carbons (Fsp3) is 0.385. The molecule has 1 aromatic rings. The van der Waals surface area contributed by atoms with Gasteiger partial charge in [-0.2, -0.15) is 8.78 Å². The molecule has 6 nitrogen and oxygen atoms in total. The first-order valence-electron chi connectivity index (χ1n) is 6.07. The highest BCUT2D eigenvalue weighted by molar-refractivity contribution is 6.29. The van der Waals surface area contributed by atoms with Crippen molar-refractivity contribution in [3.8, 4) is 5.75 Å². The van der Waals surface area contributed by atoms with E-state index in [-0.39, 0.29) is 28.6 Å². The highest BCUT2D eigenvalue weighted by atomic mass is 35.5. The summed E-state index contributed by atoms with van der Waals surface area (Å²) in [6.45, 7) is -3.13. The van der Waals surface area contributed by atoms with E-state index in [2.05, 4.69) is 14.8 Å². The number of esters is 1. The Labute approximate surface area is 130 Å². The zero-order valence-corrected chi connectivity index (χ0v) is 12.9. The zero-order chi connectivity index (χ0) is 16.9. The molecule has 1 amide bonds. The van der Waals surface area contributed by atoms with Gasteiger partial charge in [-0.3, -0.25) is 4.79 Å². The summed E-state index contributed by atoms with van der Waals surface area (Å²) in [5, 5.41) is 2.72. The van der Waals surface area contributed by atoms with Gasteiger partial charge in [0.05, 0.1) is 18.4 Å².